The zero-order chi connectivity index (χ0) is 31.3. The molecule has 7 rings (SSSR count). The standard InChI is InChI=1S/C34H33F2N5O4/c1-44-30-15-22(14-24-16-27(20-2-3-20)40-41(24)30)33(43)38-18-26(34(36)11-12-34)28-17-25-19(6-9-29(37)42)10-13-45-32(25)31(39-28)21-4-7-23(35)8-5-21/h4-9,14-17,19-20,26H,2-3,10-13,18H2,1H3,(H2,37,42)(H,38,43)/b9-6+/t19-,26-/m1/s1. The number of carbonyl (C=O) groups excluding carboxylic acids is 2. The molecule has 2 amide bonds. The van der Waals surface area contributed by atoms with E-state index in [9.17, 15) is 14.0 Å². The van der Waals surface area contributed by atoms with Crippen LogP contribution in [0.15, 0.2) is 60.7 Å². The fraction of sp³-hybridized carbons (Fsp3) is 0.353. The van der Waals surface area contributed by atoms with Gasteiger partial charge >= 0.3 is 0 Å². The molecule has 232 valence electrons. The van der Waals surface area contributed by atoms with Gasteiger partial charge in [-0.25, -0.2) is 18.3 Å². The lowest BCUT2D eigenvalue weighted by molar-refractivity contribution is -0.113. The molecule has 4 aromatic rings. The number of methoxy groups -OCH3 is 1. The molecule has 0 radical (unpaired) electrons. The number of fused-ring (bicyclic) bond motifs is 2. The number of nitrogens with zero attached hydrogens (tertiary/aromatic N) is 3. The number of nitrogens with two attached hydrogens (primary N) is 1. The molecule has 2 saturated carbocycles. The van der Waals surface area contributed by atoms with E-state index in [0.29, 0.717) is 65.9 Å². The number of pyridine rings is 2. The van der Waals surface area contributed by atoms with E-state index in [2.05, 4.69) is 10.4 Å². The summed E-state index contributed by atoms with van der Waals surface area (Å²) < 4.78 is 43.2. The van der Waals surface area contributed by atoms with Crippen LogP contribution in [0.1, 0.15) is 77.2 Å². The van der Waals surface area contributed by atoms with E-state index in [-0.39, 0.29) is 18.4 Å². The Morgan fingerprint density at radius 1 is 1.18 bits per heavy atom. The van der Waals surface area contributed by atoms with E-state index in [1.54, 1.807) is 40.9 Å². The minimum Gasteiger partial charge on any atom is -0.491 e. The smallest absolute Gasteiger partial charge is 0.251 e. The van der Waals surface area contributed by atoms with Gasteiger partial charge in [-0.1, -0.05) is 6.08 Å². The summed E-state index contributed by atoms with van der Waals surface area (Å²) in [6, 6.07) is 13.0. The van der Waals surface area contributed by atoms with Gasteiger partial charge in [0, 0.05) is 46.8 Å². The number of aromatic nitrogens is 3. The van der Waals surface area contributed by atoms with Crippen molar-refractivity contribution in [3.63, 3.8) is 0 Å². The number of primary amides is 1. The number of hydrogen-bond donors (Lipinski definition) is 2. The Hall–Kier alpha value is -4.80. The van der Waals surface area contributed by atoms with Crippen molar-refractivity contribution in [3.8, 4) is 22.9 Å². The molecule has 2 atom stereocenters. The highest BCUT2D eigenvalue weighted by Gasteiger charge is 2.52. The lowest BCUT2D eigenvalue weighted by Gasteiger charge is -2.29. The summed E-state index contributed by atoms with van der Waals surface area (Å²) in [7, 11) is 1.53. The Balaban J connectivity index is 1.23. The van der Waals surface area contributed by atoms with Crippen molar-refractivity contribution in [2.24, 2.45) is 5.73 Å². The van der Waals surface area contributed by atoms with Gasteiger partial charge in [0.1, 0.15) is 22.9 Å². The molecule has 9 nitrogen and oxygen atoms in total. The summed E-state index contributed by atoms with van der Waals surface area (Å²) >= 11 is 0. The van der Waals surface area contributed by atoms with Crippen LogP contribution in [-0.4, -0.2) is 52.3 Å². The Bertz CT molecular complexity index is 1830. The van der Waals surface area contributed by atoms with E-state index in [1.807, 2.05) is 6.07 Å². The van der Waals surface area contributed by atoms with E-state index in [4.69, 9.17) is 20.2 Å². The van der Waals surface area contributed by atoms with Gasteiger partial charge in [0.15, 0.2) is 0 Å². The van der Waals surface area contributed by atoms with Crippen molar-refractivity contribution in [1.82, 2.24) is 19.9 Å². The van der Waals surface area contributed by atoms with Gasteiger partial charge in [-0.3, -0.25) is 9.59 Å². The fourth-order valence-corrected chi connectivity index (χ4v) is 6.10. The summed E-state index contributed by atoms with van der Waals surface area (Å²) in [4.78, 5) is 29.9. The minimum atomic E-state index is -1.56. The molecular formula is C34H33F2N5O4. The molecule has 0 spiro atoms. The first-order chi connectivity index (χ1) is 21.7. The van der Waals surface area contributed by atoms with Crippen LogP contribution in [0.4, 0.5) is 8.78 Å². The minimum absolute atomic E-state index is 0.00723. The average molecular weight is 614 g/mol. The molecule has 1 aromatic carbocycles. The number of alkyl halides is 1. The number of ether oxygens (including phenoxy) is 2. The summed E-state index contributed by atoms with van der Waals surface area (Å²) in [6.45, 7) is 0.363. The molecule has 0 unspecified atom stereocenters. The highest BCUT2D eigenvalue weighted by molar-refractivity contribution is 5.95. The van der Waals surface area contributed by atoms with Crippen molar-refractivity contribution in [1.29, 1.82) is 0 Å². The van der Waals surface area contributed by atoms with Crippen LogP contribution in [-0.2, 0) is 4.79 Å². The number of benzene rings is 1. The second-order valence-electron chi connectivity index (χ2n) is 12.1. The Morgan fingerprint density at radius 3 is 2.64 bits per heavy atom. The maximum absolute atomic E-state index is 16.1. The quantitative estimate of drug-likeness (QED) is 0.233. The molecule has 2 aliphatic carbocycles. The summed E-state index contributed by atoms with van der Waals surface area (Å²) in [6.07, 6.45) is 6.46. The van der Waals surface area contributed by atoms with Gasteiger partial charge in [-0.2, -0.15) is 5.10 Å². The third-order valence-corrected chi connectivity index (χ3v) is 8.90. The van der Waals surface area contributed by atoms with Gasteiger partial charge in [-0.05, 0) is 80.6 Å². The largest absolute Gasteiger partial charge is 0.491 e. The molecule has 0 bridgehead atoms. The molecule has 1 aliphatic heterocycles. The van der Waals surface area contributed by atoms with Crippen molar-refractivity contribution < 1.29 is 27.8 Å². The molecule has 4 heterocycles. The number of hydrogen-bond acceptors (Lipinski definition) is 6. The summed E-state index contributed by atoms with van der Waals surface area (Å²) in [5.41, 5.74) is 8.14. The zero-order valence-corrected chi connectivity index (χ0v) is 24.8. The molecule has 3 aliphatic rings. The summed E-state index contributed by atoms with van der Waals surface area (Å²) in [5.74, 6) is -0.990. The highest BCUT2D eigenvalue weighted by Crippen LogP contribution is 2.52. The molecule has 0 saturated heterocycles. The van der Waals surface area contributed by atoms with Crippen LogP contribution in [0.25, 0.3) is 16.8 Å². The zero-order valence-electron chi connectivity index (χ0n) is 24.8. The van der Waals surface area contributed by atoms with Crippen LogP contribution >= 0.6 is 0 Å². The van der Waals surface area contributed by atoms with Gasteiger partial charge in [0.25, 0.3) is 5.91 Å². The molecule has 45 heavy (non-hydrogen) atoms. The number of nitrogens with one attached hydrogen (secondary N) is 1. The predicted octanol–water partition coefficient (Wildman–Crippen LogP) is 5.34. The molecule has 2 fully saturated rings. The average Bonchev–Trinajstić information content (AvgIpc) is 3.97. The van der Waals surface area contributed by atoms with Crippen LogP contribution in [0.5, 0.6) is 11.6 Å². The van der Waals surface area contributed by atoms with E-state index < -0.39 is 23.3 Å². The maximum atomic E-state index is 16.1. The molecule has 3 N–H and O–H groups in total. The van der Waals surface area contributed by atoms with Gasteiger partial charge in [0.05, 0.1) is 30.8 Å². The van der Waals surface area contributed by atoms with E-state index >= 15 is 4.39 Å². The van der Waals surface area contributed by atoms with Crippen LogP contribution in [0, 0.1) is 5.82 Å². The predicted molar refractivity (Wildman–Crippen MR) is 163 cm³/mol. The monoisotopic (exact) mass is 613 g/mol. The molecular weight excluding hydrogens is 580 g/mol. The first kappa shape index (κ1) is 28.9. The third kappa shape index (κ3) is 5.74. The highest BCUT2D eigenvalue weighted by atomic mass is 19.1. The normalized spacial score (nSPS) is 19.1. The molecule has 11 heteroatoms. The Morgan fingerprint density at radius 2 is 1.96 bits per heavy atom. The second-order valence-corrected chi connectivity index (χ2v) is 12.1. The number of allylic oxidation sites excluding steroid dienone is 1. The van der Waals surface area contributed by atoms with Crippen molar-refractivity contribution in [3.05, 3.63) is 89.0 Å². The SMILES string of the molecule is COc1cc(C(=O)NC[C@H](c2cc3c(c(-c4ccc(F)cc4)n2)OCC[C@H]3/C=C/C(N)=O)C2(F)CC2)cc2cc(C3CC3)nn12. The van der Waals surface area contributed by atoms with Crippen LogP contribution in [0.3, 0.4) is 0 Å². The van der Waals surface area contributed by atoms with E-state index in [1.165, 1.54) is 25.3 Å². The topological polar surface area (TPSA) is 121 Å². The first-order valence-electron chi connectivity index (χ1n) is 15.2. The maximum Gasteiger partial charge on any atom is 0.251 e. The lowest BCUT2D eigenvalue weighted by atomic mass is 9.87. The Kier molecular flexibility index (Phi) is 7.26. The lowest BCUT2D eigenvalue weighted by Crippen LogP contribution is -2.34. The van der Waals surface area contributed by atoms with E-state index in [0.717, 1.165) is 29.6 Å². The third-order valence-electron chi connectivity index (χ3n) is 8.90. The Labute approximate surface area is 258 Å². The molecule has 3 aromatic heterocycles. The first-order valence-corrected chi connectivity index (χ1v) is 15.2. The second kappa shape index (κ2) is 11.3. The van der Waals surface area contributed by atoms with Crippen LogP contribution < -0.4 is 20.5 Å². The van der Waals surface area contributed by atoms with Gasteiger partial charge in [0.2, 0.25) is 11.8 Å². The van der Waals surface area contributed by atoms with Crippen molar-refractivity contribution in [2.75, 3.05) is 20.3 Å². The number of halogens is 2. The summed E-state index contributed by atoms with van der Waals surface area (Å²) in [5, 5.41) is 7.58. The number of rotatable bonds is 10. The van der Waals surface area contributed by atoms with Crippen LogP contribution in [0.2, 0.25) is 0 Å². The van der Waals surface area contributed by atoms with Crippen molar-refractivity contribution in [2.45, 2.75) is 55.5 Å². The van der Waals surface area contributed by atoms with Gasteiger partial charge < -0.3 is 20.5 Å². The number of amides is 2. The van der Waals surface area contributed by atoms with Crippen molar-refractivity contribution >= 4 is 17.3 Å². The van der Waals surface area contributed by atoms with Gasteiger partial charge in [-0.15, -0.1) is 0 Å². The fourth-order valence-electron chi connectivity index (χ4n) is 6.10. The number of carbonyl (C=O) groups is 2.